The van der Waals surface area contributed by atoms with Gasteiger partial charge in [0.15, 0.2) is 0 Å². The smallest absolute Gasteiger partial charge is 0.335 e. The second-order valence-electron chi connectivity index (χ2n) is 6.38. The molecule has 0 unspecified atom stereocenters. The van der Waals surface area contributed by atoms with Crippen molar-refractivity contribution < 1.29 is 22.7 Å². The predicted molar refractivity (Wildman–Crippen MR) is 89.3 cm³/mol. The fourth-order valence-corrected chi connectivity index (χ4v) is 3.13. The van der Waals surface area contributed by atoms with Crippen LogP contribution in [-0.4, -0.2) is 19.5 Å². The molecule has 0 saturated heterocycles. The fraction of sp³-hybridized carbons (Fsp3) is 0.235. The molecule has 0 bridgehead atoms. The Kier molecular flexibility index (Phi) is 4.66. The van der Waals surface area contributed by atoms with Crippen molar-refractivity contribution in [3.63, 3.8) is 0 Å². The van der Waals surface area contributed by atoms with Crippen molar-refractivity contribution in [2.75, 3.05) is 4.72 Å². The zero-order chi connectivity index (χ0) is 18.1. The summed E-state index contributed by atoms with van der Waals surface area (Å²) in [4.78, 5) is 10.9. The molecule has 0 atom stereocenters. The highest BCUT2D eigenvalue weighted by molar-refractivity contribution is 7.92. The first-order valence-corrected chi connectivity index (χ1v) is 8.65. The summed E-state index contributed by atoms with van der Waals surface area (Å²) in [6.07, 6.45) is 0. The molecule has 2 aromatic carbocycles. The summed E-state index contributed by atoms with van der Waals surface area (Å²) in [5.41, 5.74) is 0.213. The van der Waals surface area contributed by atoms with E-state index in [-0.39, 0.29) is 15.9 Å². The number of rotatable bonds is 4. The van der Waals surface area contributed by atoms with Crippen LogP contribution < -0.4 is 4.72 Å². The zero-order valence-corrected chi connectivity index (χ0v) is 14.3. The summed E-state index contributed by atoms with van der Waals surface area (Å²) in [6, 6.07) is 9.16. The van der Waals surface area contributed by atoms with Gasteiger partial charge in [-0.2, -0.15) is 0 Å². The Morgan fingerprint density at radius 1 is 1.08 bits per heavy atom. The number of anilines is 1. The van der Waals surface area contributed by atoms with E-state index < -0.39 is 27.5 Å². The lowest BCUT2D eigenvalue weighted by Gasteiger charge is -2.19. The molecule has 0 radical (unpaired) electrons. The molecule has 2 aromatic rings. The van der Waals surface area contributed by atoms with Crippen LogP contribution in [0.25, 0.3) is 0 Å². The lowest BCUT2D eigenvalue weighted by atomic mass is 9.87. The Bertz CT molecular complexity index is 868. The minimum atomic E-state index is -4.02. The maximum absolute atomic E-state index is 13.8. The zero-order valence-electron chi connectivity index (χ0n) is 13.5. The third kappa shape index (κ3) is 3.91. The third-order valence-electron chi connectivity index (χ3n) is 3.49. The van der Waals surface area contributed by atoms with Crippen molar-refractivity contribution >= 4 is 21.7 Å². The second-order valence-corrected chi connectivity index (χ2v) is 8.06. The summed E-state index contributed by atoms with van der Waals surface area (Å²) in [6.45, 7) is 6.00. The molecule has 0 spiro atoms. The molecule has 2 N–H and O–H groups in total. The molecular formula is C17H18FNO4S. The van der Waals surface area contributed by atoms with Gasteiger partial charge in [-0.25, -0.2) is 17.6 Å². The van der Waals surface area contributed by atoms with Gasteiger partial charge in [0.1, 0.15) is 5.82 Å². The van der Waals surface area contributed by atoms with Gasteiger partial charge in [0.2, 0.25) is 0 Å². The van der Waals surface area contributed by atoms with Crippen LogP contribution >= 0.6 is 0 Å². The highest BCUT2D eigenvalue weighted by atomic mass is 32.2. The molecule has 2 rings (SSSR count). The largest absolute Gasteiger partial charge is 0.478 e. The standard InChI is InChI=1S/C17H18FNO4S/c1-17(2,3)12-5-7-13(8-6-12)24(22,23)19-15-10-11(16(20)21)4-9-14(15)18/h4-10,19H,1-3H3,(H,20,21). The fourth-order valence-electron chi connectivity index (χ4n) is 2.07. The molecule has 0 aliphatic carbocycles. The van der Waals surface area contributed by atoms with E-state index in [4.69, 9.17) is 5.11 Å². The predicted octanol–water partition coefficient (Wildman–Crippen LogP) is 3.62. The Morgan fingerprint density at radius 3 is 2.17 bits per heavy atom. The number of hydrogen-bond donors (Lipinski definition) is 2. The summed E-state index contributed by atoms with van der Waals surface area (Å²) < 4.78 is 40.6. The van der Waals surface area contributed by atoms with E-state index >= 15 is 0 Å². The van der Waals surface area contributed by atoms with Crippen LogP contribution in [0.5, 0.6) is 0 Å². The van der Waals surface area contributed by atoms with Crippen molar-refractivity contribution in [3.8, 4) is 0 Å². The molecule has 0 aliphatic rings. The van der Waals surface area contributed by atoms with Crippen LogP contribution in [0.4, 0.5) is 10.1 Å². The van der Waals surface area contributed by atoms with E-state index in [2.05, 4.69) is 4.72 Å². The van der Waals surface area contributed by atoms with Crippen molar-refractivity contribution in [2.45, 2.75) is 31.1 Å². The SMILES string of the molecule is CC(C)(C)c1ccc(S(=O)(=O)Nc2cc(C(=O)O)ccc2F)cc1. The lowest BCUT2D eigenvalue weighted by Crippen LogP contribution is -2.16. The van der Waals surface area contributed by atoms with E-state index in [9.17, 15) is 17.6 Å². The minimum absolute atomic E-state index is 0.0318. The highest BCUT2D eigenvalue weighted by Gasteiger charge is 2.19. The van der Waals surface area contributed by atoms with Crippen molar-refractivity contribution in [1.29, 1.82) is 0 Å². The van der Waals surface area contributed by atoms with Gasteiger partial charge < -0.3 is 5.11 Å². The first kappa shape index (κ1) is 17.9. The van der Waals surface area contributed by atoms with Gasteiger partial charge in [-0.1, -0.05) is 32.9 Å². The van der Waals surface area contributed by atoms with E-state index in [0.717, 1.165) is 23.8 Å². The average molecular weight is 351 g/mol. The van der Waals surface area contributed by atoms with Crippen LogP contribution in [0.2, 0.25) is 0 Å². The Balaban J connectivity index is 2.35. The molecule has 0 amide bonds. The van der Waals surface area contributed by atoms with Gasteiger partial charge in [-0.15, -0.1) is 0 Å². The monoisotopic (exact) mass is 351 g/mol. The van der Waals surface area contributed by atoms with Gasteiger partial charge in [0.05, 0.1) is 16.1 Å². The number of carbonyl (C=O) groups is 1. The van der Waals surface area contributed by atoms with E-state index in [1.165, 1.54) is 12.1 Å². The van der Waals surface area contributed by atoms with E-state index in [0.29, 0.717) is 0 Å². The van der Waals surface area contributed by atoms with Crippen molar-refractivity contribution in [3.05, 3.63) is 59.4 Å². The van der Waals surface area contributed by atoms with Crippen LogP contribution in [0.15, 0.2) is 47.4 Å². The van der Waals surface area contributed by atoms with Crippen LogP contribution in [0.3, 0.4) is 0 Å². The molecule has 0 aliphatic heterocycles. The third-order valence-corrected chi connectivity index (χ3v) is 4.87. The number of sulfonamides is 1. The molecule has 24 heavy (non-hydrogen) atoms. The molecule has 0 saturated carbocycles. The normalized spacial score (nSPS) is 12.0. The van der Waals surface area contributed by atoms with E-state index in [1.54, 1.807) is 12.1 Å². The lowest BCUT2D eigenvalue weighted by molar-refractivity contribution is 0.0697. The van der Waals surface area contributed by atoms with Gasteiger partial charge in [-0.05, 0) is 41.3 Å². The summed E-state index contributed by atoms with van der Waals surface area (Å²) >= 11 is 0. The maximum atomic E-state index is 13.8. The van der Waals surface area contributed by atoms with E-state index in [1.807, 2.05) is 20.8 Å². The first-order chi connectivity index (χ1) is 11.0. The number of halogens is 1. The van der Waals surface area contributed by atoms with Crippen molar-refractivity contribution in [2.24, 2.45) is 0 Å². The van der Waals surface area contributed by atoms with Crippen LogP contribution in [0, 0.1) is 5.82 Å². The van der Waals surface area contributed by atoms with Crippen molar-refractivity contribution in [1.82, 2.24) is 0 Å². The molecule has 7 heteroatoms. The van der Waals surface area contributed by atoms with Crippen LogP contribution in [0.1, 0.15) is 36.7 Å². The topological polar surface area (TPSA) is 83.5 Å². The number of benzene rings is 2. The maximum Gasteiger partial charge on any atom is 0.335 e. The average Bonchev–Trinajstić information content (AvgIpc) is 2.48. The molecule has 0 heterocycles. The second kappa shape index (κ2) is 6.24. The summed E-state index contributed by atoms with van der Waals surface area (Å²) in [7, 11) is -4.02. The molecule has 128 valence electrons. The minimum Gasteiger partial charge on any atom is -0.478 e. The van der Waals surface area contributed by atoms with Gasteiger partial charge in [0.25, 0.3) is 10.0 Å². The molecule has 5 nitrogen and oxygen atoms in total. The first-order valence-electron chi connectivity index (χ1n) is 7.17. The number of carboxylic acid groups (broad SMARTS) is 1. The quantitative estimate of drug-likeness (QED) is 0.881. The molecule has 0 aromatic heterocycles. The number of aromatic carboxylic acids is 1. The van der Waals surface area contributed by atoms with Gasteiger partial charge in [0, 0.05) is 0 Å². The highest BCUT2D eigenvalue weighted by Crippen LogP contribution is 2.25. The summed E-state index contributed by atoms with van der Waals surface area (Å²) in [5.74, 6) is -2.13. The van der Waals surface area contributed by atoms with Crippen LogP contribution in [-0.2, 0) is 15.4 Å². The van der Waals surface area contributed by atoms with Gasteiger partial charge in [-0.3, -0.25) is 4.72 Å². The number of carboxylic acids is 1. The van der Waals surface area contributed by atoms with Gasteiger partial charge >= 0.3 is 5.97 Å². The Morgan fingerprint density at radius 2 is 1.67 bits per heavy atom. The summed E-state index contributed by atoms with van der Waals surface area (Å²) in [5, 5.41) is 8.92. The number of hydrogen-bond acceptors (Lipinski definition) is 3. The number of nitrogens with one attached hydrogen (secondary N) is 1. The Hall–Kier alpha value is -2.41. The Labute approximate surface area is 140 Å². The molecule has 0 fully saturated rings. The molecular weight excluding hydrogens is 333 g/mol.